The number of carboxylic acid groups (broad SMARTS) is 1. The fourth-order valence-corrected chi connectivity index (χ4v) is 2.20. The van der Waals surface area contributed by atoms with Gasteiger partial charge in [0, 0.05) is 12.0 Å². The maximum Gasteiger partial charge on any atom is 0.355 e. The number of hydrogen-bond acceptors (Lipinski definition) is 4. The topological polar surface area (TPSA) is 59.4 Å². The lowest BCUT2D eigenvalue weighted by Gasteiger charge is -2.18. The summed E-state index contributed by atoms with van der Waals surface area (Å²) in [4.78, 5) is 11.7. The quantitative estimate of drug-likeness (QED) is 0.740. The molecule has 2 heterocycles. The molecule has 0 aliphatic carbocycles. The van der Waals surface area contributed by atoms with Gasteiger partial charge >= 0.3 is 5.97 Å². The first-order valence-corrected chi connectivity index (χ1v) is 4.78. The summed E-state index contributed by atoms with van der Waals surface area (Å²) in [5, 5.41) is 8.82. The molecule has 0 amide bonds. The van der Waals surface area contributed by atoms with E-state index in [0.29, 0.717) is 13.0 Å². The number of carbonyl (C=O) groups is 1. The summed E-state index contributed by atoms with van der Waals surface area (Å²) in [5.74, 6) is -0.938. The number of rotatable bonds is 1. The van der Waals surface area contributed by atoms with Crippen molar-refractivity contribution in [2.75, 3.05) is 0 Å². The van der Waals surface area contributed by atoms with Gasteiger partial charge in [0.15, 0.2) is 5.69 Å². The zero-order valence-electron chi connectivity index (χ0n) is 7.11. The van der Waals surface area contributed by atoms with Crippen molar-refractivity contribution < 1.29 is 14.6 Å². The molecular weight excluding hydrogens is 190 g/mol. The molecule has 0 aromatic carbocycles. The van der Waals surface area contributed by atoms with E-state index in [9.17, 15) is 4.79 Å². The van der Waals surface area contributed by atoms with Gasteiger partial charge in [0.1, 0.15) is 0 Å². The second kappa shape index (κ2) is 3.08. The van der Waals surface area contributed by atoms with Crippen molar-refractivity contribution in [2.24, 2.45) is 0 Å². The van der Waals surface area contributed by atoms with E-state index in [1.807, 2.05) is 6.92 Å². The van der Waals surface area contributed by atoms with E-state index in [2.05, 4.69) is 4.37 Å². The fourth-order valence-electron chi connectivity index (χ4n) is 1.40. The normalized spacial score (nSPS) is 21.2. The van der Waals surface area contributed by atoms with Crippen molar-refractivity contribution >= 4 is 17.5 Å². The van der Waals surface area contributed by atoms with Crippen molar-refractivity contribution in [3.63, 3.8) is 0 Å². The highest BCUT2D eigenvalue weighted by Crippen LogP contribution is 2.26. The summed E-state index contributed by atoms with van der Waals surface area (Å²) in [6, 6.07) is 0. The number of hydrogen-bond donors (Lipinski definition) is 1. The van der Waals surface area contributed by atoms with Gasteiger partial charge in [-0.1, -0.05) is 0 Å². The highest BCUT2D eigenvalue weighted by molar-refractivity contribution is 7.06. The predicted octanol–water partition coefficient (Wildman–Crippen LogP) is 1.30. The average Bonchev–Trinajstić information content (AvgIpc) is 2.46. The van der Waals surface area contributed by atoms with Crippen LogP contribution < -0.4 is 0 Å². The maximum atomic E-state index is 10.7. The molecule has 1 aliphatic heterocycles. The van der Waals surface area contributed by atoms with Crippen LogP contribution in [0.5, 0.6) is 0 Å². The summed E-state index contributed by atoms with van der Waals surface area (Å²) in [7, 11) is 0. The Morgan fingerprint density at radius 1 is 1.77 bits per heavy atom. The van der Waals surface area contributed by atoms with Gasteiger partial charge in [-0.15, -0.1) is 0 Å². The van der Waals surface area contributed by atoms with Gasteiger partial charge in [-0.3, -0.25) is 0 Å². The molecule has 70 valence electrons. The number of nitrogens with zero attached hydrogens (tertiary/aromatic N) is 1. The van der Waals surface area contributed by atoms with Crippen LogP contribution in [0.3, 0.4) is 0 Å². The largest absolute Gasteiger partial charge is 0.476 e. The zero-order valence-corrected chi connectivity index (χ0v) is 7.93. The van der Waals surface area contributed by atoms with Crippen LogP contribution in [0.2, 0.25) is 0 Å². The van der Waals surface area contributed by atoms with Crippen LogP contribution in [0.1, 0.15) is 27.9 Å². The number of aromatic carboxylic acids is 1. The van der Waals surface area contributed by atoms with Crippen LogP contribution in [0.4, 0.5) is 0 Å². The number of carboxylic acids is 1. The third-order valence-corrected chi connectivity index (χ3v) is 2.92. The van der Waals surface area contributed by atoms with E-state index in [1.54, 1.807) is 0 Å². The minimum Gasteiger partial charge on any atom is -0.476 e. The zero-order chi connectivity index (χ0) is 9.42. The van der Waals surface area contributed by atoms with Gasteiger partial charge < -0.3 is 9.84 Å². The minimum atomic E-state index is -0.938. The van der Waals surface area contributed by atoms with Crippen molar-refractivity contribution in [3.05, 3.63) is 16.1 Å². The van der Waals surface area contributed by atoms with Crippen LogP contribution in [0.25, 0.3) is 0 Å². The molecule has 13 heavy (non-hydrogen) atoms. The van der Waals surface area contributed by atoms with Crippen LogP contribution in [0, 0.1) is 0 Å². The molecular formula is C8H9NO3S. The van der Waals surface area contributed by atoms with E-state index < -0.39 is 5.97 Å². The molecule has 0 fully saturated rings. The molecule has 0 bridgehead atoms. The number of aromatic nitrogens is 1. The van der Waals surface area contributed by atoms with Gasteiger partial charge in [0.05, 0.1) is 17.6 Å². The average molecular weight is 199 g/mol. The standard InChI is InChI=1S/C8H9NO3S/c1-4-2-5-6(3-12-4)13-9-7(5)8(10)11/h4H,2-3H2,1H3,(H,10,11). The first-order valence-electron chi connectivity index (χ1n) is 4.01. The summed E-state index contributed by atoms with van der Waals surface area (Å²) in [6.45, 7) is 2.44. The molecule has 0 spiro atoms. The van der Waals surface area contributed by atoms with Crippen LogP contribution in [-0.4, -0.2) is 21.6 Å². The molecule has 0 saturated heterocycles. The van der Waals surface area contributed by atoms with Gasteiger partial charge in [-0.05, 0) is 18.5 Å². The third kappa shape index (κ3) is 1.45. The smallest absolute Gasteiger partial charge is 0.355 e. The van der Waals surface area contributed by atoms with E-state index in [-0.39, 0.29) is 11.8 Å². The van der Waals surface area contributed by atoms with Crippen molar-refractivity contribution in [2.45, 2.75) is 26.1 Å². The third-order valence-electron chi connectivity index (χ3n) is 2.06. The maximum absolute atomic E-state index is 10.7. The molecule has 1 unspecified atom stereocenters. The predicted molar refractivity (Wildman–Crippen MR) is 47.0 cm³/mol. The van der Waals surface area contributed by atoms with Crippen LogP contribution in [-0.2, 0) is 17.8 Å². The second-order valence-corrected chi connectivity index (χ2v) is 3.92. The van der Waals surface area contributed by atoms with E-state index in [0.717, 1.165) is 10.4 Å². The van der Waals surface area contributed by atoms with E-state index >= 15 is 0 Å². The molecule has 1 aromatic heterocycles. The summed E-state index contributed by atoms with van der Waals surface area (Å²) in [5.41, 5.74) is 1.06. The lowest BCUT2D eigenvalue weighted by atomic mass is 10.0. The Morgan fingerprint density at radius 3 is 3.23 bits per heavy atom. The lowest BCUT2D eigenvalue weighted by Crippen LogP contribution is -2.19. The Kier molecular flexibility index (Phi) is 2.05. The molecule has 4 nitrogen and oxygen atoms in total. The Morgan fingerprint density at radius 2 is 2.54 bits per heavy atom. The summed E-state index contributed by atoms with van der Waals surface area (Å²) < 4.78 is 9.27. The molecule has 1 atom stereocenters. The summed E-state index contributed by atoms with van der Waals surface area (Å²) >= 11 is 1.23. The first kappa shape index (κ1) is 8.65. The SMILES string of the molecule is CC1Cc2c(C(=O)O)nsc2CO1. The van der Waals surface area contributed by atoms with Gasteiger partial charge in [0.2, 0.25) is 0 Å². The molecule has 1 aromatic rings. The highest BCUT2D eigenvalue weighted by Gasteiger charge is 2.24. The Bertz CT molecular complexity index is 347. The molecule has 0 saturated carbocycles. The summed E-state index contributed by atoms with van der Waals surface area (Å²) in [6.07, 6.45) is 0.759. The van der Waals surface area contributed by atoms with Gasteiger partial charge in [-0.25, -0.2) is 4.79 Å². The second-order valence-electron chi connectivity index (χ2n) is 3.06. The number of ether oxygens (including phenoxy) is 1. The van der Waals surface area contributed by atoms with Gasteiger partial charge in [0.25, 0.3) is 0 Å². The van der Waals surface area contributed by atoms with Crippen molar-refractivity contribution in [1.82, 2.24) is 4.37 Å². The first-order chi connectivity index (χ1) is 6.18. The van der Waals surface area contributed by atoms with E-state index in [4.69, 9.17) is 9.84 Å². The van der Waals surface area contributed by atoms with Crippen LogP contribution in [0.15, 0.2) is 0 Å². The Balaban J connectivity index is 2.41. The molecule has 1 aliphatic rings. The molecule has 5 heteroatoms. The molecule has 2 rings (SSSR count). The van der Waals surface area contributed by atoms with E-state index in [1.165, 1.54) is 11.5 Å². The monoisotopic (exact) mass is 199 g/mol. The molecule has 0 radical (unpaired) electrons. The van der Waals surface area contributed by atoms with Gasteiger partial charge in [-0.2, -0.15) is 4.37 Å². The Labute approximate surface area is 79.3 Å². The highest BCUT2D eigenvalue weighted by atomic mass is 32.1. The van der Waals surface area contributed by atoms with Crippen LogP contribution >= 0.6 is 11.5 Å². The van der Waals surface area contributed by atoms with Crippen molar-refractivity contribution in [3.8, 4) is 0 Å². The minimum absolute atomic E-state index is 0.0991. The lowest BCUT2D eigenvalue weighted by molar-refractivity contribution is 0.0426. The number of fused-ring (bicyclic) bond motifs is 1. The van der Waals surface area contributed by atoms with Crippen molar-refractivity contribution in [1.29, 1.82) is 0 Å². The Hall–Kier alpha value is -0.940. The molecule has 1 N–H and O–H groups in total. The fraction of sp³-hybridized carbons (Fsp3) is 0.500.